The van der Waals surface area contributed by atoms with Gasteiger partial charge in [0.1, 0.15) is 12.1 Å². The van der Waals surface area contributed by atoms with Crippen molar-refractivity contribution in [2.75, 3.05) is 26.9 Å². The second-order valence-electron chi connectivity index (χ2n) is 7.39. The molecule has 0 aliphatic carbocycles. The topological polar surface area (TPSA) is 96.5 Å². The molecule has 8 heteroatoms. The summed E-state index contributed by atoms with van der Waals surface area (Å²) in [6.45, 7) is 7.37. The smallest absolute Gasteiger partial charge is 0.191 e. The van der Waals surface area contributed by atoms with E-state index < -0.39 is 0 Å². The van der Waals surface area contributed by atoms with Crippen LogP contribution in [0, 0.1) is 6.92 Å². The predicted octanol–water partition coefficient (Wildman–Crippen LogP) is 3.45. The zero-order valence-electron chi connectivity index (χ0n) is 19.0. The van der Waals surface area contributed by atoms with Crippen LogP contribution in [0.5, 0.6) is 5.75 Å². The molecule has 0 aliphatic rings. The van der Waals surface area contributed by atoms with Crippen LogP contribution < -0.4 is 15.4 Å². The summed E-state index contributed by atoms with van der Waals surface area (Å²) in [7, 11) is 1.70. The first kappa shape index (κ1) is 23.3. The van der Waals surface area contributed by atoms with E-state index in [0.717, 1.165) is 47.2 Å². The number of benzene rings is 2. The van der Waals surface area contributed by atoms with E-state index in [4.69, 9.17) is 14.5 Å². The van der Waals surface area contributed by atoms with E-state index >= 15 is 0 Å². The lowest BCUT2D eigenvalue weighted by atomic mass is 10.1. The van der Waals surface area contributed by atoms with Crippen LogP contribution in [-0.4, -0.2) is 48.0 Å². The maximum absolute atomic E-state index is 6.00. The molecular weight excluding hydrogens is 404 g/mol. The zero-order chi connectivity index (χ0) is 22.6. The molecule has 0 saturated carbocycles. The van der Waals surface area contributed by atoms with Crippen LogP contribution in [0.25, 0.3) is 11.4 Å². The fourth-order valence-electron chi connectivity index (χ4n) is 3.18. The fraction of sp³-hybridized carbons (Fsp3) is 0.375. The molecule has 0 radical (unpaired) electrons. The Labute approximate surface area is 189 Å². The number of H-pyrrole nitrogens is 1. The Morgan fingerprint density at radius 1 is 1.12 bits per heavy atom. The summed E-state index contributed by atoms with van der Waals surface area (Å²) in [5.41, 5.74) is 4.34. The van der Waals surface area contributed by atoms with Gasteiger partial charge in [-0.25, -0.2) is 9.98 Å². The largest absolute Gasteiger partial charge is 0.493 e. The van der Waals surface area contributed by atoms with Gasteiger partial charge in [0, 0.05) is 44.4 Å². The van der Waals surface area contributed by atoms with Crippen molar-refractivity contribution < 1.29 is 9.47 Å². The molecule has 0 atom stereocenters. The third-order valence-electron chi connectivity index (χ3n) is 4.80. The first-order valence-corrected chi connectivity index (χ1v) is 10.9. The number of nitrogens with zero attached hydrogens (tertiary/aromatic N) is 3. The summed E-state index contributed by atoms with van der Waals surface area (Å²) in [5, 5.41) is 13.5. The predicted molar refractivity (Wildman–Crippen MR) is 127 cm³/mol. The second kappa shape index (κ2) is 12.5. The quantitative estimate of drug-likeness (QED) is 0.242. The number of rotatable bonds is 11. The summed E-state index contributed by atoms with van der Waals surface area (Å²) in [5.74, 6) is 2.39. The Morgan fingerprint density at radius 3 is 2.81 bits per heavy atom. The van der Waals surface area contributed by atoms with Crippen molar-refractivity contribution in [3.05, 3.63) is 65.5 Å². The summed E-state index contributed by atoms with van der Waals surface area (Å²) < 4.78 is 11.1. The third-order valence-corrected chi connectivity index (χ3v) is 4.80. The molecule has 0 aliphatic heterocycles. The van der Waals surface area contributed by atoms with Gasteiger partial charge in [0.25, 0.3) is 0 Å². The first-order chi connectivity index (χ1) is 15.7. The molecule has 2 aromatic carbocycles. The van der Waals surface area contributed by atoms with E-state index in [1.54, 1.807) is 7.11 Å². The lowest BCUT2D eigenvalue weighted by Crippen LogP contribution is -2.36. The minimum absolute atomic E-state index is 0.547. The molecule has 1 heterocycles. The van der Waals surface area contributed by atoms with Gasteiger partial charge < -0.3 is 20.1 Å². The zero-order valence-corrected chi connectivity index (χ0v) is 19.0. The Bertz CT molecular complexity index is 988. The average Bonchev–Trinajstić information content (AvgIpc) is 3.35. The van der Waals surface area contributed by atoms with Crippen LogP contribution in [0.3, 0.4) is 0 Å². The molecule has 170 valence electrons. The van der Waals surface area contributed by atoms with Crippen LogP contribution in [0.1, 0.15) is 30.0 Å². The van der Waals surface area contributed by atoms with Gasteiger partial charge in [-0.1, -0.05) is 30.3 Å². The Kier molecular flexibility index (Phi) is 9.06. The highest BCUT2D eigenvalue weighted by molar-refractivity contribution is 5.79. The fourth-order valence-corrected chi connectivity index (χ4v) is 3.18. The Balaban J connectivity index is 1.64. The molecule has 3 N–H and O–H groups in total. The van der Waals surface area contributed by atoms with Crippen LogP contribution in [0.2, 0.25) is 0 Å². The molecule has 0 amide bonds. The van der Waals surface area contributed by atoms with Crippen molar-refractivity contribution in [1.29, 1.82) is 0 Å². The minimum atomic E-state index is 0.547. The summed E-state index contributed by atoms with van der Waals surface area (Å²) in [6.07, 6.45) is 2.36. The molecule has 0 saturated heterocycles. The highest BCUT2D eigenvalue weighted by Crippen LogP contribution is 2.21. The lowest BCUT2D eigenvalue weighted by Gasteiger charge is -2.15. The van der Waals surface area contributed by atoms with Crippen molar-refractivity contribution in [3.8, 4) is 17.1 Å². The monoisotopic (exact) mass is 436 g/mol. The number of nitrogens with one attached hydrogen (secondary N) is 3. The number of hydrogen-bond donors (Lipinski definition) is 3. The van der Waals surface area contributed by atoms with Crippen molar-refractivity contribution >= 4 is 5.96 Å². The van der Waals surface area contributed by atoms with Gasteiger partial charge in [0.2, 0.25) is 0 Å². The standard InChI is InChI=1S/C24H32N6O2/c1-4-25-24(26-15-19-7-5-8-20(14-19)23-28-17-29-30-23)27-16-21-10-9-18(2)13-22(21)32-12-6-11-31-3/h5,7-10,13-14,17H,4,6,11-12,15-16H2,1-3H3,(H2,25,26,27)(H,28,29,30). The summed E-state index contributed by atoms with van der Waals surface area (Å²) in [4.78, 5) is 8.96. The SMILES string of the molecule is CCNC(=NCc1cccc(-c2ncn[nH]2)c1)NCc1ccc(C)cc1OCCCOC. The van der Waals surface area contributed by atoms with Crippen molar-refractivity contribution in [2.24, 2.45) is 4.99 Å². The van der Waals surface area contributed by atoms with Gasteiger partial charge in [0.15, 0.2) is 11.8 Å². The normalized spacial score (nSPS) is 11.4. The Morgan fingerprint density at radius 2 is 2.03 bits per heavy atom. The summed E-state index contributed by atoms with van der Waals surface area (Å²) in [6, 6.07) is 14.4. The molecule has 32 heavy (non-hydrogen) atoms. The van der Waals surface area contributed by atoms with E-state index in [1.807, 2.05) is 12.1 Å². The van der Waals surface area contributed by atoms with Crippen LogP contribution in [-0.2, 0) is 17.8 Å². The highest BCUT2D eigenvalue weighted by atomic mass is 16.5. The molecule has 3 rings (SSSR count). The highest BCUT2D eigenvalue weighted by Gasteiger charge is 2.07. The van der Waals surface area contributed by atoms with Gasteiger partial charge in [0.05, 0.1) is 13.2 Å². The molecule has 0 spiro atoms. The van der Waals surface area contributed by atoms with Crippen LogP contribution in [0.15, 0.2) is 53.8 Å². The lowest BCUT2D eigenvalue weighted by molar-refractivity contribution is 0.171. The minimum Gasteiger partial charge on any atom is -0.493 e. The maximum atomic E-state index is 6.00. The number of ether oxygens (including phenoxy) is 2. The van der Waals surface area contributed by atoms with Gasteiger partial charge in [-0.2, -0.15) is 5.10 Å². The number of guanidine groups is 1. The molecule has 3 aromatic rings. The molecule has 0 unspecified atom stereocenters. The Hall–Kier alpha value is -3.39. The number of aromatic nitrogens is 3. The number of aromatic amines is 1. The van der Waals surface area contributed by atoms with Crippen molar-refractivity contribution in [1.82, 2.24) is 25.8 Å². The average molecular weight is 437 g/mol. The van der Waals surface area contributed by atoms with E-state index in [-0.39, 0.29) is 0 Å². The van der Waals surface area contributed by atoms with E-state index in [9.17, 15) is 0 Å². The van der Waals surface area contributed by atoms with Gasteiger partial charge in [-0.3, -0.25) is 5.10 Å². The van der Waals surface area contributed by atoms with Gasteiger partial charge >= 0.3 is 0 Å². The van der Waals surface area contributed by atoms with Crippen molar-refractivity contribution in [3.63, 3.8) is 0 Å². The molecule has 1 aromatic heterocycles. The third kappa shape index (κ3) is 7.09. The summed E-state index contributed by atoms with van der Waals surface area (Å²) >= 11 is 0. The molecular formula is C24H32N6O2. The van der Waals surface area contributed by atoms with Gasteiger partial charge in [-0.15, -0.1) is 0 Å². The first-order valence-electron chi connectivity index (χ1n) is 10.9. The number of hydrogen-bond acceptors (Lipinski definition) is 5. The second-order valence-corrected chi connectivity index (χ2v) is 7.39. The molecule has 8 nitrogen and oxygen atoms in total. The number of aliphatic imine (C=N–C) groups is 1. The van der Waals surface area contributed by atoms with Crippen molar-refractivity contribution in [2.45, 2.75) is 33.4 Å². The van der Waals surface area contributed by atoms with Crippen LogP contribution in [0.4, 0.5) is 0 Å². The van der Waals surface area contributed by atoms with Crippen LogP contribution >= 0.6 is 0 Å². The van der Waals surface area contributed by atoms with Gasteiger partial charge in [-0.05, 0) is 37.1 Å². The van der Waals surface area contributed by atoms with E-state index in [1.165, 1.54) is 11.9 Å². The molecule has 0 bridgehead atoms. The van der Waals surface area contributed by atoms with E-state index in [0.29, 0.717) is 26.3 Å². The number of methoxy groups -OCH3 is 1. The van der Waals surface area contributed by atoms with E-state index in [2.05, 4.69) is 70.0 Å². The maximum Gasteiger partial charge on any atom is 0.191 e. The molecule has 0 fully saturated rings. The number of aryl methyl sites for hydroxylation is 1.